The van der Waals surface area contributed by atoms with Crippen molar-refractivity contribution in [2.75, 3.05) is 7.11 Å². The Balaban J connectivity index is 1.53. The summed E-state index contributed by atoms with van der Waals surface area (Å²) in [6.07, 6.45) is 2.03. The number of hydrogen-bond acceptors (Lipinski definition) is 7. The van der Waals surface area contributed by atoms with Gasteiger partial charge in [0.1, 0.15) is 17.8 Å². The first-order valence-electron chi connectivity index (χ1n) is 11.4. The fourth-order valence-corrected chi connectivity index (χ4v) is 4.16. The van der Waals surface area contributed by atoms with E-state index >= 15 is 0 Å². The normalized spacial score (nSPS) is 12.0. The fourth-order valence-electron chi connectivity index (χ4n) is 3.33. The van der Waals surface area contributed by atoms with Crippen LogP contribution >= 0.6 is 11.8 Å². The van der Waals surface area contributed by atoms with Crippen molar-refractivity contribution in [1.82, 2.24) is 25.1 Å². The van der Waals surface area contributed by atoms with Crippen LogP contribution in [0.5, 0.6) is 5.75 Å². The van der Waals surface area contributed by atoms with Gasteiger partial charge in [0.2, 0.25) is 5.89 Å². The Morgan fingerprint density at radius 3 is 2.51 bits per heavy atom. The molecule has 0 radical (unpaired) electrons. The molecule has 0 saturated heterocycles. The second-order valence-electron chi connectivity index (χ2n) is 8.52. The van der Waals surface area contributed by atoms with E-state index in [1.807, 2.05) is 54.0 Å². The Morgan fingerprint density at radius 1 is 1.09 bits per heavy atom. The van der Waals surface area contributed by atoms with E-state index in [2.05, 4.69) is 46.5 Å². The molecule has 182 valence electrons. The van der Waals surface area contributed by atoms with Crippen molar-refractivity contribution in [3.63, 3.8) is 0 Å². The number of carbonyl (C=O) groups excluding carboxylic acids is 1. The molecule has 0 aliphatic carbocycles. The molecular formula is C26H29N5O3S. The predicted octanol–water partition coefficient (Wildman–Crippen LogP) is 4.92. The number of aromatic nitrogens is 4. The first-order chi connectivity index (χ1) is 16.9. The lowest BCUT2D eigenvalue weighted by Crippen LogP contribution is -2.36. The summed E-state index contributed by atoms with van der Waals surface area (Å²) >= 11 is 1.45. The van der Waals surface area contributed by atoms with Gasteiger partial charge in [0.25, 0.3) is 5.91 Å². The second kappa shape index (κ2) is 11.2. The van der Waals surface area contributed by atoms with Crippen molar-refractivity contribution in [2.45, 2.75) is 44.1 Å². The van der Waals surface area contributed by atoms with Gasteiger partial charge in [-0.25, -0.2) is 4.98 Å². The summed E-state index contributed by atoms with van der Waals surface area (Å²) in [5.74, 6) is 2.54. The molecule has 0 aliphatic heterocycles. The van der Waals surface area contributed by atoms with Crippen molar-refractivity contribution >= 4 is 17.7 Å². The summed E-state index contributed by atoms with van der Waals surface area (Å²) in [5.41, 5.74) is 2.35. The van der Waals surface area contributed by atoms with Gasteiger partial charge < -0.3 is 14.5 Å². The Bertz CT molecular complexity index is 1250. The minimum absolute atomic E-state index is 0.0445. The molecule has 8 nitrogen and oxygen atoms in total. The van der Waals surface area contributed by atoms with E-state index in [9.17, 15) is 4.79 Å². The molecule has 35 heavy (non-hydrogen) atoms. The molecule has 0 spiro atoms. The average molecular weight is 492 g/mol. The molecule has 1 atom stereocenters. The third-order valence-corrected chi connectivity index (χ3v) is 6.62. The van der Waals surface area contributed by atoms with Crippen LogP contribution in [0.25, 0.3) is 5.69 Å². The Morgan fingerprint density at radius 2 is 1.83 bits per heavy atom. The molecule has 1 unspecified atom stereocenters. The monoisotopic (exact) mass is 491 g/mol. The summed E-state index contributed by atoms with van der Waals surface area (Å²) in [5, 5.41) is 12.6. The van der Waals surface area contributed by atoms with Gasteiger partial charge in [0.15, 0.2) is 10.9 Å². The van der Waals surface area contributed by atoms with Crippen LogP contribution in [0.3, 0.4) is 0 Å². The molecule has 0 aliphatic rings. The number of carbonyl (C=O) groups is 1. The van der Waals surface area contributed by atoms with E-state index in [-0.39, 0.29) is 17.6 Å². The zero-order chi connectivity index (χ0) is 24.8. The van der Waals surface area contributed by atoms with Crippen molar-refractivity contribution in [2.24, 2.45) is 5.92 Å². The summed E-state index contributed by atoms with van der Waals surface area (Å²) < 4.78 is 12.9. The van der Waals surface area contributed by atoms with Crippen LogP contribution in [0.4, 0.5) is 0 Å². The Kier molecular flexibility index (Phi) is 7.87. The number of ether oxygens (including phenoxy) is 1. The second-order valence-corrected chi connectivity index (χ2v) is 9.46. The summed E-state index contributed by atoms with van der Waals surface area (Å²) in [7, 11) is 1.64. The maximum absolute atomic E-state index is 12.4. The lowest BCUT2D eigenvalue weighted by atomic mass is 10.1. The van der Waals surface area contributed by atoms with Gasteiger partial charge in [-0.2, -0.15) is 0 Å². The van der Waals surface area contributed by atoms with Crippen molar-refractivity contribution in [3.8, 4) is 11.4 Å². The number of hydrogen-bond donors (Lipinski definition) is 1. The number of nitrogens with one attached hydrogen (secondary N) is 1. The van der Waals surface area contributed by atoms with Gasteiger partial charge >= 0.3 is 0 Å². The minimum Gasteiger partial charge on any atom is -0.497 e. The molecule has 0 bridgehead atoms. The summed E-state index contributed by atoms with van der Waals surface area (Å²) in [6.45, 7) is 6.08. The van der Waals surface area contributed by atoms with E-state index in [1.165, 1.54) is 18.0 Å². The first-order valence-corrected chi connectivity index (χ1v) is 12.4. The lowest BCUT2D eigenvalue weighted by Gasteiger charge is -2.16. The number of rotatable bonds is 10. The van der Waals surface area contributed by atoms with Gasteiger partial charge in [-0.15, -0.1) is 10.2 Å². The number of oxazole rings is 1. The minimum atomic E-state index is -0.238. The molecule has 0 saturated carbocycles. The van der Waals surface area contributed by atoms with Crippen molar-refractivity contribution < 1.29 is 13.9 Å². The first kappa shape index (κ1) is 24.5. The molecule has 2 aromatic carbocycles. The highest BCUT2D eigenvalue weighted by atomic mass is 32.2. The summed E-state index contributed by atoms with van der Waals surface area (Å²) in [4.78, 5) is 16.8. The zero-order valence-electron chi connectivity index (χ0n) is 20.3. The predicted molar refractivity (Wildman–Crippen MR) is 135 cm³/mol. The van der Waals surface area contributed by atoms with Crippen LogP contribution in [0, 0.1) is 5.92 Å². The zero-order valence-corrected chi connectivity index (χ0v) is 21.1. The highest BCUT2D eigenvalue weighted by Gasteiger charge is 2.19. The van der Waals surface area contributed by atoms with E-state index in [4.69, 9.17) is 9.15 Å². The van der Waals surface area contributed by atoms with Gasteiger partial charge in [-0.3, -0.25) is 9.36 Å². The molecule has 1 N–H and O–H groups in total. The number of nitrogens with zero attached hydrogens (tertiary/aromatic N) is 4. The van der Waals surface area contributed by atoms with E-state index in [0.717, 1.165) is 22.8 Å². The molecular weight excluding hydrogens is 462 g/mol. The molecule has 9 heteroatoms. The Hall–Kier alpha value is -3.59. The molecule has 2 heterocycles. The number of amides is 1. The molecule has 4 rings (SSSR count). The number of methoxy groups -OCH3 is 1. The van der Waals surface area contributed by atoms with Crippen molar-refractivity contribution in [3.05, 3.63) is 83.8 Å². The van der Waals surface area contributed by atoms with Crippen LogP contribution < -0.4 is 10.1 Å². The largest absolute Gasteiger partial charge is 0.497 e. The Labute approximate surface area is 209 Å². The van der Waals surface area contributed by atoms with Gasteiger partial charge in [0.05, 0.1) is 12.9 Å². The van der Waals surface area contributed by atoms with Crippen molar-refractivity contribution in [1.29, 1.82) is 0 Å². The number of benzene rings is 2. The fraction of sp³-hybridized carbons (Fsp3) is 0.308. The van der Waals surface area contributed by atoms with E-state index in [1.54, 1.807) is 7.11 Å². The molecule has 4 aromatic rings. The van der Waals surface area contributed by atoms with Crippen LogP contribution in [0.2, 0.25) is 0 Å². The smallest absolute Gasteiger partial charge is 0.273 e. The van der Waals surface area contributed by atoms with Gasteiger partial charge in [0, 0.05) is 18.2 Å². The third-order valence-electron chi connectivity index (χ3n) is 5.70. The molecule has 1 amide bonds. The standard InChI is InChI=1S/C26H29N5O3S/c1-17(2)18(3)27-25(32)22-15-34-24(28-22)16-35-26-30-29-23(14-19-8-6-5-7-9-19)31(26)20-10-12-21(33-4)13-11-20/h5-13,15,17-18H,14,16H2,1-4H3,(H,27,32). The van der Waals surface area contributed by atoms with E-state index < -0.39 is 0 Å². The average Bonchev–Trinajstić information content (AvgIpc) is 3.50. The van der Waals surface area contributed by atoms with Crippen LogP contribution in [0.15, 0.2) is 70.4 Å². The summed E-state index contributed by atoms with van der Waals surface area (Å²) in [6, 6.07) is 18.0. The molecule has 2 aromatic heterocycles. The highest BCUT2D eigenvalue weighted by Crippen LogP contribution is 2.27. The number of thioether (sulfide) groups is 1. The van der Waals surface area contributed by atoms with Crippen LogP contribution in [-0.2, 0) is 12.2 Å². The molecule has 0 fully saturated rings. The van der Waals surface area contributed by atoms with Gasteiger partial charge in [-0.1, -0.05) is 55.9 Å². The van der Waals surface area contributed by atoms with E-state index in [0.29, 0.717) is 29.1 Å². The lowest BCUT2D eigenvalue weighted by molar-refractivity contribution is 0.0925. The SMILES string of the molecule is COc1ccc(-n2c(Cc3ccccc3)nnc2SCc2nc(C(=O)NC(C)C(C)C)co2)cc1. The topological polar surface area (TPSA) is 95.1 Å². The maximum Gasteiger partial charge on any atom is 0.273 e. The van der Waals surface area contributed by atoms with Gasteiger partial charge in [-0.05, 0) is 42.7 Å². The third kappa shape index (κ3) is 6.10. The van der Waals surface area contributed by atoms with Crippen LogP contribution in [0.1, 0.15) is 48.5 Å². The quantitative estimate of drug-likeness (QED) is 0.315. The maximum atomic E-state index is 12.4. The highest BCUT2D eigenvalue weighted by molar-refractivity contribution is 7.98. The van der Waals surface area contributed by atoms with Crippen LogP contribution in [-0.4, -0.2) is 38.8 Å².